The van der Waals surface area contributed by atoms with E-state index in [0.717, 1.165) is 28.8 Å². The van der Waals surface area contributed by atoms with Crippen molar-refractivity contribution in [3.63, 3.8) is 0 Å². The highest BCUT2D eigenvalue weighted by Crippen LogP contribution is 2.30. The molecule has 0 aliphatic carbocycles. The summed E-state index contributed by atoms with van der Waals surface area (Å²) < 4.78 is 0. The van der Waals surface area contributed by atoms with Gasteiger partial charge in [-0.25, -0.2) is 10.4 Å². The molecule has 0 unspecified atom stereocenters. The van der Waals surface area contributed by atoms with Gasteiger partial charge in [-0.1, -0.05) is 40.6 Å². The van der Waals surface area contributed by atoms with E-state index in [1.54, 1.807) is 6.21 Å². The topological polar surface area (TPSA) is 69.6 Å². The van der Waals surface area contributed by atoms with Crippen LogP contribution in [-0.2, 0) is 4.79 Å². The van der Waals surface area contributed by atoms with E-state index in [9.17, 15) is 4.79 Å². The minimum atomic E-state index is -0.223. The first-order valence-electron chi connectivity index (χ1n) is 8.65. The van der Waals surface area contributed by atoms with E-state index in [4.69, 9.17) is 11.6 Å². The molecule has 3 rings (SSSR count). The van der Waals surface area contributed by atoms with E-state index < -0.39 is 0 Å². The number of nitrogens with one attached hydrogen (secondary N) is 2. The molecule has 1 aliphatic rings. The van der Waals surface area contributed by atoms with Crippen LogP contribution in [0.4, 0.5) is 10.8 Å². The fraction of sp³-hybridized carbons (Fsp3) is 0.389. The highest BCUT2D eigenvalue weighted by Gasteiger charge is 2.16. The molecule has 1 aromatic carbocycles. The molecule has 8 heteroatoms. The zero-order valence-corrected chi connectivity index (χ0v) is 16.2. The van der Waals surface area contributed by atoms with Gasteiger partial charge in [0.25, 0.3) is 5.91 Å². The van der Waals surface area contributed by atoms with Crippen molar-refractivity contribution in [3.05, 3.63) is 39.9 Å². The van der Waals surface area contributed by atoms with Gasteiger partial charge in [0.1, 0.15) is 0 Å². The summed E-state index contributed by atoms with van der Waals surface area (Å²) in [7, 11) is 0. The predicted octanol–water partition coefficient (Wildman–Crippen LogP) is 3.66. The Morgan fingerprint density at radius 1 is 1.31 bits per heavy atom. The van der Waals surface area contributed by atoms with Gasteiger partial charge < -0.3 is 10.2 Å². The number of thiazole rings is 1. The summed E-state index contributed by atoms with van der Waals surface area (Å²) in [6.07, 6.45) is 5.19. The number of nitrogens with zero attached hydrogens (tertiary/aromatic N) is 3. The minimum Gasteiger partial charge on any atom is -0.376 e. The van der Waals surface area contributed by atoms with Gasteiger partial charge in [0.15, 0.2) is 10.3 Å². The lowest BCUT2D eigenvalue weighted by Crippen LogP contribution is -2.29. The maximum absolute atomic E-state index is 11.9. The molecule has 26 heavy (non-hydrogen) atoms. The van der Waals surface area contributed by atoms with Gasteiger partial charge in [0.2, 0.25) is 0 Å². The Balaban J connectivity index is 1.49. The van der Waals surface area contributed by atoms with Gasteiger partial charge in [-0.05, 0) is 38.3 Å². The van der Waals surface area contributed by atoms with Crippen LogP contribution in [0.5, 0.6) is 0 Å². The van der Waals surface area contributed by atoms with Crippen LogP contribution in [0.15, 0.2) is 29.4 Å². The van der Waals surface area contributed by atoms with E-state index in [2.05, 4.69) is 25.7 Å². The molecule has 0 saturated carbocycles. The highest BCUT2D eigenvalue weighted by molar-refractivity contribution is 7.17. The quantitative estimate of drug-likeness (QED) is 0.582. The number of hydrogen-bond acceptors (Lipinski definition) is 6. The summed E-state index contributed by atoms with van der Waals surface area (Å²) in [5.74, 6) is -0.223. The predicted molar refractivity (Wildman–Crippen MR) is 109 cm³/mol. The lowest BCUT2D eigenvalue weighted by Gasteiger charge is -2.25. The van der Waals surface area contributed by atoms with Crippen molar-refractivity contribution < 1.29 is 4.79 Å². The smallest absolute Gasteiger partial charge is 0.259 e. The van der Waals surface area contributed by atoms with Crippen LogP contribution in [0.3, 0.4) is 0 Å². The summed E-state index contributed by atoms with van der Waals surface area (Å²) in [5.41, 5.74) is 4.57. The number of hydrazone groups is 1. The summed E-state index contributed by atoms with van der Waals surface area (Å²) in [6, 6.07) is 7.85. The molecule has 1 saturated heterocycles. The number of aromatic nitrogens is 1. The maximum atomic E-state index is 11.9. The van der Waals surface area contributed by atoms with Gasteiger partial charge in [0, 0.05) is 18.8 Å². The molecule has 0 atom stereocenters. The monoisotopic (exact) mass is 391 g/mol. The molecule has 138 valence electrons. The number of anilines is 2. The van der Waals surface area contributed by atoms with Crippen molar-refractivity contribution in [2.45, 2.75) is 26.2 Å². The Kier molecular flexibility index (Phi) is 6.46. The van der Waals surface area contributed by atoms with Gasteiger partial charge in [-0.2, -0.15) is 5.10 Å². The number of carbonyl (C=O) groups is 1. The molecule has 0 radical (unpaired) electrons. The van der Waals surface area contributed by atoms with Crippen molar-refractivity contribution in [2.24, 2.45) is 5.10 Å². The van der Waals surface area contributed by atoms with Crippen LogP contribution in [0, 0.1) is 6.92 Å². The summed E-state index contributed by atoms with van der Waals surface area (Å²) in [4.78, 5) is 19.3. The molecule has 6 nitrogen and oxygen atoms in total. The zero-order valence-electron chi connectivity index (χ0n) is 14.7. The number of benzene rings is 1. The zero-order chi connectivity index (χ0) is 18.4. The maximum Gasteiger partial charge on any atom is 0.259 e. The van der Waals surface area contributed by atoms with Crippen LogP contribution in [0.2, 0.25) is 5.15 Å². The Labute approximate surface area is 162 Å². The van der Waals surface area contributed by atoms with Gasteiger partial charge >= 0.3 is 0 Å². The molecule has 2 N–H and O–H groups in total. The number of hydrogen-bond donors (Lipinski definition) is 2. The molecule has 1 aromatic heterocycles. The van der Waals surface area contributed by atoms with Crippen LogP contribution in [0.25, 0.3) is 0 Å². The summed E-state index contributed by atoms with van der Waals surface area (Å²) in [6.45, 7) is 4.20. The third-order valence-electron chi connectivity index (χ3n) is 4.10. The van der Waals surface area contributed by atoms with Crippen molar-refractivity contribution >= 4 is 45.9 Å². The van der Waals surface area contributed by atoms with E-state index >= 15 is 0 Å². The van der Waals surface area contributed by atoms with Crippen LogP contribution < -0.4 is 15.6 Å². The standard InChI is InChI=1S/C18H22ClN5OS/c1-13-5-7-14(8-6-13)20-12-16(25)23-21-11-15-17(19)22-18(26-15)24-9-3-2-4-10-24/h5-8,11,20H,2-4,9-10,12H2,1H3,(H,23,25)/b21-11-. The molecule has 2 aromatic rings. The lowest BCUT2D eigenvalue weighted by atomic mass is 10.1. The summed E-state index contributed by atoms with van der Waals surface area (Å²) >= 11 is 7.69. The first-order chi connectivity index (χ1) is 12.6. The molecule has 1 amide bonds. The van der Waals surface area contributed by atoms with Crippen LogP contribution >= 0.6 is 22.9 Å². The third kappa shape index (κ3) is 5.19. The molecule has 0 bridgehead atoms. The number of amides is 1. The average molecular weight is 392 g/mol. The first kappa shape index (κ1) is 18.7. The molecule has 0 spiro atoms. The Morgan fingerprint density at radius 2 is 2.04 bits per heavy atom. The van der Waals surface area contributed by atoms with Crippen LogP contribution in [-0.4, -0.2) is 36.7 Å². The Bertz CT molecular complexity index is 768. The van der Waals surface area contributed by atoms with E-state index in [1.807, 2.05) is 31.2 Å². The number of halogens is 1. The van der Waals surface area contributed by atoms with Gasteiger partial charge in [-0.15, -0.1) is 0 Å². The van der Waals surface area contributed by atoms with Crippen LogP contribution in [0.1, 0.15) is 29.7 Å². The molecule has 1 fully saturated rings. The van der Waals surface area contributed by atoms with E-state index in [1.165, 1.54) is 36.2 Å². The highest BCUT2D eigenvalue weighted by atomic mass is 35.5. The fourth-order valence-electron chi connectivity index (χ4n) is 2.66. The number of aryl methyl sites for hydroxylation is 1. The van der Waals surface area contributed by atoms with Gasteiger partial charge in [-0.3, -0.25) is 4.79 Å². The van der Waals surface area contributed by atoms with E-state index in [0.29, 0.717) is 5.15 Å². The second-order valence-corrected chi connectivity index (χ2v) is 7.58. The molecule has 1 aliphatic heterocycles. The Morgan fingerprint density at radius 3 is 2.77 bits per heavy atom. The first-order valence-corrected chi connectivity index (χ1v) is 9.85. The van der Waals surface area contributed by atoms with E-state index in [-0.39, 0.29) is 12.5 Å². The molecular formula is C18H22ClN5OS. The second kappa shape index (κ2) is 9.00. The summed E-state index contributed by atoms with van der Waals surface area (Å²) in [5, 5.41) is 8.38. The normalized spacial score (nSPS) is 14.6. The van der Waals surface area contributed by atoms with Crippen molar-refractivity contribution in [3.8, 4) is 0 Å². The molecule has 2 heterocycles. The van der Waals surface area contributed by atoms with Crippen molar-refractivity contribution in [1.29, 1.82) is 0 Å². The Hall–Kier alpha value is -2.12. The number of rotatable bonds is 6. The largest absolute Gasteiger partial charge is 0.376 e. The van der Waals surface area contributed by atoms with Crippen molar-refractivity contribution in [2.75, 3.05) is 29.9 Å². The van der Waals surface area contributed by atoms with Gasteiger partial charge in [0.05, 0.1) is 17.6 Å². The average Bonchev–Trinajstić information content (AvgIpc) is 3.03. The SMILES string of the molecule is Cc1ccc(NCC(=O)N/N=C\c2sc(N3CCCCC3)nc2Cl)cc1. The molecular weight excluding hydrogens is 370 g/mol. The number of piperidine rings is 1. The lowest BCUT2D eigenvalue weighted by molar-refractivity contribution is -0.119. The minimum absolute atomic E-state index is 0.149. The number of carbonyl (C=O) groups excluding carboxylic acids is 1. The second-order valence-electron chi connectivity index (χ2n) is 6.21. The third-order valence-corrected chi connectivity index (χ3v) is 5.55. The fourth-order valence-corrected chi connectivity index (χ4v) is 3.83. The van der Waals surface area contributed by atoms with Crippen molar-refractivity contribution in [1.82, 2.24) is 10.4 Å².